The molecular weight excluding hydrogens is 414 g/mol. The lowest BCUT2D eigenvalue weighted by Gasteiger charge is -2.55. The zero-order valence-electron chi connectivity index (χ0n) is 24.3. The summed E-state index contributed by atoms with van der Waals surface area (Å²) in [4.78, 5) is 10.3. The Balaban J connectivity index is 1.86. The third-order valence-corrected chi connectivity index (χ3v) is 11.3. The van der Waals surface area contributed by atoms with Crippen LogP contribution in [0.3, 0.4) is 0 Å². The monoisotopic (exact) mass is 475 g/mol. The maximum atomic E-state index is 10.3. The molecule has 0 spiro atoms. The summed E-state index contributed by atoms with van der Waals surface area (Å²) < 4.78 is 0. The molecule has 7 unspecified atom stereocenters. The maximum absolute atomic E-state index is 10.3. The van der Waals surface area contributed by atoms with E-state index in [1.54, 1.807) is 0 Å². The molecular formula is C32H61NO. The van der Waals surface area contributed by atoms with Crippen LogP contribution in [0.2, 0.25) is 0 Å². The van der Waals surface area contributed by atoms with Crippen molar-refractivity contribution >= 4 is 0 Å². The van der Waals surface area contributed by atoms with Crippen LogP contribution in [-0.4, -0.2) is 6.54 Å². The van der Waals surface area contributed by atoms with Crippen LogP contribution in [0.5, 0.6) is 0 Å². The summed E-state index contributed by atoms with van der Waals surface area (Å²) in [5.41, 5.74) is 0.940. The van der Waals surface area contributed by atoms with Gasteiger partial charge >= 0.3 is 0 Å². The summed E-state index contributed by atoms with van der Waals surface area (Å²) in [5, 5.41) is 3.00. The smallest absolute Gasteiger partial charge is 0.0811 e. The summed E-state index contributed by atoms with van der Waals surface area (Å²) in [7, 11) is 0. The second-order valence-electron chi connectivity index (χ2n) is 13.5. The number of hydrogen-bond acceptors (Lipinski definition) is 2. The second kappa shape index (κ2) is 14.4. The minimum Gasteiger partial charge on any atom is -0.151 e. The predicted molar refractivity (Wildman–Crippen MR) is 150 cm³/mol. The average molecular weight is 476 g/mol. The standard InChI is InChI=1S/C32H61NO/c1-8-15-28(16-12-10-11-13-21-33-34)22-25(3)18-19-26(4)31(6,9-2)32(7)20-14-17-29-24-30(29)23-27(32)5/h25-30H,8-24H2,1-7H3/t25?,26?,27?,28?,29?,30?,31?,32-/m1/s1. The molecule has 0 heterocycles. The van der Waals surface area contributed by atoms with Crippen molar-refractivity contribution in [1.82, 2.24) is 0 Å². The molecule has 2 saturated carbocycles. The first-order chi connectivity index (χ1) is 16.2. The summed E-state index contributed by atoms with van der Waals surface area (Å²) >= 11 is 0. The molecule has 2 fully saturated rings. The first-order valence-corrected chi connectivity index (χ1v) is 15.5. The largest absolute Gasteiger partial charge is 0.151 e. The van der Waals surface area contributed by atoms with E-state index < -0.39 is 0 Å². The van der Waals surface area contributed by atoms with Crippen molar-refractivity contribution in [2.45, 2.75) is 151 Å². The highest BCUT2D eigenvalue weighted by Gasteiger charge is 2.52. The minimum absolute atomic E-state index is 0.451. The van der Waals surface area contributed by atoms with E-state index in [2.05, 4.69) is 53.6 Å². The van der Waals surface area contributed by atoms with Crippen LogP contribution >= 0.6 is 0 Å². The van der Waals surface area contributed by atoms with Crippen molar-refractivity contribution in [2.24, 2.45) is 51.5 Å². The molecule has 200 valence electrons. The van der Waals surface area contributed by atoms with Gasteiger partial charge in [-0.15, -0.1) is 0 Å². The van der Waals surface area contributed by atoms with E-state index in [4.69, 9.17) is 0 Å². The Bertz CT molecular complexity index is 575. The molecule has 0 aliphatic heterocycles. The Morgan fingerprint density at radius 3 is 2.38 bits per heavy atom. The van der Waals surface area contributed by atoms with Crippen molar-refractivity contribution in [3.8, 4) is 0 Å². The van der Waals surface area contributed by atoms with Crippen LogP contribution in [0, 0.1) is 51.2 Å². The number of unbranched alkanes of at least 4 members (excludes halogenated alkanes) is 3. The topological polar surface area (TPSA) is 29.4 Å². The molecule has 2 heteroatoms. The molecule has 0 saturated heterocycles. The maximum Gasteiger partial charge on any atom is 0.0811 e. The lowest BCUT2D eigenvalue weighted by atomic mass is 9.50. The van der Waals surface area contributed by atoms with E-state index in [9.17, 15) is 4.91 Å². The molecule has 0 amide bonds. The highest BCUT2D eigenvalue weighted by atomic mass is 16.3. The number of rotatable bonds is 17. The lowest BCUT2D eigenvalue weighted by molar-refractivity contribution is -0.0552. The van der Waals surface area contributed by atoms with Crippen LogP contribution in [0.4, 0.5) is 0 Å². The van der Waals surface area contributed by atoms with Gasteiger partial charge in [0.05, 0.1) is 6.54 Å². The van der Waals surface area contributed by atoms with Gasteiger partial charge in [-0.2, -0.15) is 4.91 Å². The molecule has 2 nitrogen and oxygen atoms in total. The Morgan fingerprint density at radius 1 is 0.971 bits per heavy atom. The average Bonchev–Trinajstić information content (AvgIpc) is 3.54. The first kappa shape index (κ1) is 29.8. The van der Waals surface area contributed by atoms with Crippen molar-refractivity contribution in [1.29, 1.82) is 0 Å². The molecule has 2 aliphatic rings. The third-order valence-electron chi connectivity index (χ3n) is 11.3. The van der Waals surface area contributed by atoms with Crippen molar-refractivity contribution < 1.29 is 0 Å². The number of fused-ring (bicyclic) bond motifs is 1. The molecule has 8 atom stereocenters. The van der Waals surface area contributed by atoms with Gasteiger partial charge in [0.2, 0.25) is 0 Å². The fourth-order valence-electron chi connectivity index (χ4n) is 8.10. The van der Waals surface area contributed by atoms with Crippen molar-refractivity contribution in [3.05, 3.63) is 4.91 Å². The van der Waals surface area contributed by atoms with E-state index in [0.29, 0.717) is 17.4 Å². The van der Waals surface area contributed by atoms with Gasteiger partial charge < -0.3 is 0 Å². The van der Waals surface area contributed by atoms with Gasteiger partial charge in [0.1, 0.15) is 0 Å². The molecule has 2 rings (SSSR count). The molecule has 2 aliphatic carbocycles. The fourth-order valence-corrected chi connectivity index (χ4v) is 8.10. The number of nitrogens with zero attached hydrogens (tertiary/aromatic N) is 1. The Morgan fingerprint density at radius 2 is 1.71 bits per heavy atom. The molecule has 0 radical (unpaired) electrons. The normalized spacial score (nSPS) is 31.4. The van der Waals surface area contributed by atoms with E-state index in [1.165, 1.54) is 96.3 Å². The van der Waals surface area contributed by atoms with Gasteiger partial charge in [0.25, 0.3) is 0 Å². The van der Waals surface area contributed by atoms with E-state index >= 15 is 0 Å². The Hall–Kier alpha value is -0.400. The summed E-state index contributed by atoms with van der Waals surface area (Å²) in [5.74, 6) is 5.55. The van der Waals surface area contributed by atoms with Gasteiger partial charge in [0, 0.05) is 0 Å². The second-order valence-corrected chi connectivity index (χ2v) is 13.5. The van der Waals surface area contributed by atoms with Crippen LogP contribution < -0.4 is 0 Å². The van der Waals surface area contributed by atoms with Gasteiger partial charge in [-0.25, -0.2) is 0 Å². The molecule has 0 aromatic heterocycles. The van der Waals surface area contributed by atoms with Crippen molar-refractivity contribution in [3.63, 3.8) is 0 Å². The highest BCUT2D eigenvalue weighted by Crippen LogP contribution is 2.61. The van der Waals surface area contributed by atoms with Crippen LogP contribution in [0.25, 0.3) is 0 Å². The lowest BCUT2D eigenvalue weighted by Crippen LogP contribution is -2.47. The van der Waals surface area contributed by atoms with Gasteiger partial charge in [-0.3, -0.25) is 0 Å². The minimum atomic E-state index is 0.451. The van der Waals surface area contributed by atoms with E-state index in [1.807, 2.05) is 0 Å². The third kappa shape index (κ3) is 8.06. The quantitative estimate of drug-likeness (QED) is 0.152. The van der Waals surface area contributed by atoms with E-state index in [-0.39, 0.29) is 0 Å². The first-order valence-electron chi connectivity index (χ1n) is 15.5. The Labute approximate surface area is 214 Å². The molecule has 0 bridgehead atoms. The predicted octanol–water partition coefficient (Wildman–Crippen LogP) is 10.8. The highest BCUT2D eigenvalue weighted by molar-refractivity contribution is 5.01. The van der Waals surface area contributed by atoms with Crippen LogP contribution in [0.1, 0.15) is 151 Å². The SMILES string of the molecule is CCCC(CCCCCCN=O)CC(C)CCC(C)C(C)(CC)[C@]1(C)CCCC2CC2CC1C. The zero-order valence-corrected chi connectivity index (χ0v) is 24.3. The number of hydrogen-bond donors (Lipinski definition) is 0. The molecule has 0 aromatic rings. The van der Waals surface area contributed by atoms with Crippen LogP contribution in [0.15, 0.2) is 5.18 Å². The molecule has 0 aromatic carbocycles. The fraction of sp³-hybridized carbons (Fsp3) is 1.00. The Kier molecular flexibility index (Phi) is 12.6. The molecule has 0 N–H and O–H groups in total. The summed E-state index contributed by atoms with van der Waals surface area (Å²) in [6.45, 7) is 18.4. The van der Waals surface area contributed by atoms with E-state index in [0.717, 1.165) is 41.9 Å². The van der Waals surface area contributed by atoms with Crippen LogP contribution in [-0.2, 0) is 0 Å². The summed E-state index contributed by atoms with van der Waals surface area (Å²) in [6, 6.07) is 0. The zero-order chi connectivity index (χ0) is 25.2. The van der Waals surface area contributed by atoms with Gasteiger partial charge in [-0.05, 0) is 91.3 Å². The van der Waals surface area contributed by atoms with Gasteiger partial charge in [-0.1, -0.05) is 111 Å². The number of nitroso groups, excluding NO2 is 1. The summed E-state index contributed by atoms with van der Waals surface area (Å²) in [6.07, 6.45) is 21.8. The van der Waals surface area contributed by atoms with Gasteiger partial charge in [0.15, 0.2) is 0 Å². The molecule has 34 heavy (non-hydrogen) atoms. The van der Waals surface area contributed by atoms with Crippen molar-refractivity contribution in [2.75, 3.05) is 6.54 Å².